The van der Waals surface area contributed by atoms with Crippen LogP contribution in [0.4, 0.5) is 0 Å². The topological polar surface area (TPSA) is 0 Å². The number of allylic oxidation sites excluding steroid dienone is 4. The van der Waals surface area contributed by atoms with Crippen molar-refractivity contribution in [3.63, 3.8) is 0 Å². The maximum Gasteiger partial charge on any atom is 0.0181 e. The summed E-state index contributed by atoms with van der Waals surface area (Å²) < 4.78 is 2.32. The molecule has 0 bridgehead atoms. The number of hydrogen-bond acceptors (Lipinski definition) is 0. The van der Waals surface area contributed by atoms with Gasteiger partial charge in [0, 0.05) is 8.95 Å². The van der Waals surface area contributed by atoms with Crippen molar-refractivity contribution < 1.29 is 0 Å². The van der Waals surface area contributed by atoms with Crippen molar-refractivity contribution >= 4 is 54.2 Å². The molecule has 22 heavy (non-hydrogen) atoms. The number of hydrogen-bond donors (Lipinski definition) is 0. The van der Waals surface area contributed by atoms with Crippen molar-refractivity contribution in [2.45, 2.75) is 26.7 Å². The summed E-state index contributed by atoms with van der Waals surface area (Å²) in [6, 6.07) is 13.4. The molecule has 0 amide bonds. The molecule has 0 N–H and O–H groups in total. The molecule has 0 spiro atoms. The predicted octanol–water partition coefficient (Wildman–Crippen LogP) is 7.18. The fourth-order valence-electron chi connectivity index (χ4n) is 3.87. The van der Waals surface area contributed by atoms with E-state index in [1.807, 2.05) is 0 Å². The Morgan fingerprint density at radius 1 is 0.636 bits per heavy atom. The van der Waals surface area contributed by atoms with E-state index in [2.05, 4.69) is 82.1 Å². The minimum absolute atomic E-state index is 1.06. The standard InChI is InChI=1S/C20H16Br2/c1-3-13-17-9-11(21)5-7-15(17)20-14(4-2)18-10-12(22)6-8-16(18)19(13)20/h5-10H,3-4H2,1-2H3. The van der Waals surface area contributed by atoms with Crippen LogP contribution < -0.4 is 0 Å². The molecule has 0 aromatic heterocycles. The van der Waals surface area contributed by atoms with E-state index < -0.39 is 0 Å². The van der Waals surface area contributed by atoms with Crippen LogP contribution in [0.25, 0.3) is 22.3 Å². The zero-order chi connectivity index (χ0) is 15.4. The molecule has 0 radical (unpaired) electrons. The third-order valence-electron chi connectivity index (χ3n) is 4.71. The van der Waals surface area contributed by atoms with Crippen LogP contribution in [-0.4, -0.2) is 0 Å². The molecule has 0 atom stereocenters. The Balaban J connectivity index is 2.11. The maximum atomic E-state index is 3.63. The van der Waals surface area contributed by atoms with Crippen LogP contribution in [-0.2, 0) is 0 Å². The van der Waals surface area contributed by atoms with Gasteiger partial charge in [0.2, 0.25) is 0 Å². The van der Waals surface area contributed by atoms with Gasteiger partial charge in [0.15, 0.2) is 0 Å². The Morgan fingerprint density at radius 2 is 1.05 bits per heavy atom. The van der Waals surface area contributed by atoms with Gasteiger partial charge in [-0.3, -0.25) is 0 Å². The first-order valence-corrected chi connectivity index (χ1v) is 9.31. The second-order valence-electron chi connectivity index (χ2n) is 5.79. The van der Waals surface area contributed by atoms with Gasteiger partial charge in [-0.1, -0.05) is 57.8 Å². The highest BCUT2D eigenvalue weighted by molar-refractivity contribution is 9.10. The summed E-state index contributed by atoms with van der Waals surface area (Å²) in [5.74, 6) is 0. The maximum absolute atomic E-state index is 3.63. The van der Waals surface area contributed by atoms with Crippen LogP contribution in [0.3, 0.4) is 0 Å². The van der Waals surface area contributed by atoms with Crippen LogP contribution in [0.2, 0.25) is 0 Å². The summed E-state index contributed by atoms with van der Waals surface area (Å²) in [4.78, 5) is 0. The Labute approximate surface area is 148 Å². The molecule has 2 aromatic rings. The number of fused-ring (bicyclic) bond motifs is 5. The lowest BCUT2D eigenvalue weighted by molar-refractivity contribution is 1.24. The van der Waals surface area contributed by atoms with Crippen molar-refractivity contribution in [2.75, 3.05) is 0 Å². The third-order valence-corrected chi connectivity index (χ3v) is 5.70. The van der Waals surface area contributed by atoms with Gasteiger partial charge >= 0.3 is 0 Å². The molecule has 2 heteroatoms. The third kappa shape index (κ3) is 1.87. The number of benzene rings is 2. The zero-order valence-electron chi connectivity index (χ0n) is 12.6. The molecule has 2 aromatic carbocycles. The molecule has 0 heterocycles. The van der Waals surface area contributed by atoms with Gasteiger partial charge in [-0.25, -0.2) is 0 Å². The van der Waals surface area contributed by atoms with Crippen molar-refractivity contribution in [1.82, 2.24) is 0 Å². The largest absolute Gasteiger partial charge is 0.0612 e. The first kappa shape index (κ1) is 14.5. The van der Waals surface area contributed by atoms with E-state index in [1.165, 1.54) is 44.5 Å². The van der Waals surface area contributed by atoms with Crippen LogP contribution in [0.1, 0.15) is 48.9 Å². The van der Waals surface area contributed by atoms with E-state index in [-0.39, 0.29) is 0 Å². The molecule has 2 aliphatic carbocycles. The summed E-state index contributed by atoms with van der Waals surface area (Å²) in [7, 11) is 0. The molecule has 0 aliphatic heterocycles. The van der Waals surface area contributed by atoms with E-state index >= 15 is 0 Å². The van der Waals surface area contributed by atoms with E-state index in [4.69, 9.17) is 0 Å². The van der Waals surface area contributed by atoms with Crippen molar-refractivity contribution in [3.05, 3.63) is 67.6 Å². The summed E-state index contributed by atoms with van der Waals surface area (Å²) in [5.41, 5.74) is 11.5. The fraction of sp³-hybridized carbons (Fsp3) is 0.200. The Morgan fingerprint density at radius 3 is 1.41 bits per heavy atom. The van der Waals surface area contributed by atoms with Crippen molar-refractivity contribution in [1.29, 1.82) is 0 Å². The van der Waals surface area contributed by atoms with Gasteiger partial charge in [0.1, 0.15) is 0 Å². The van der Waals surface area contributed by atoms with E-state index in [0.717, 1.165) is 21.8 Å². The number of rotatable bonds is 2. The molecule has 0 saturated carbocycles. The van der Waals surface area contributed by atoms with Gasteiger partial charge in [-0.05, 0) is 81.7 Å². The predicted molar refractivity (Wildman–Crippen MR) is 102 cm³/mol. The smallest absolute Gasteiger partial charge is 0.0181 e. The van der Waals surface area contributed by atoms with Crippen LogP contribution in [0, 0.1) is 0 Å². The molecular weight excluding hydrogens is 400 g/mol. The Bertz CT molecular complexity index is 796. The Kier molecular flexibility index (Phi) is 3.43. The molecule has 2 aliphatic rings. The quantitative estimate of drug-likeness (QED) is 0.487. The van der Waals surface area contributed by atoms with E-state index in [1.54, 1.807) is 0 Å². The lowest BCUT2D eigenvalue weighted by atomic mass is 9.96. The highest BCUT2D eigenvalue weighted by atomic mass is 79.9. The Hall–Kier alpha value is -1.12. The summed E-state index contributed by atoms with van der Waals surface area (Å²) >= 11 is 7.26. The monoisotopic (exact) mass is 414 g/mol. The van der Waals surface area contributed by atoms with E-state index in [9.17, 15) is 0 Å². The van der Waals surface area contributed by atoms with Gasteiger partial charge in [0.05, 0.1) is 0 Å². The fourth-order valence-corrected chi connectivity index (χ4v) is 4.59. The van der Waals surface area contributed by atoms with Crippen LogP contribution in [0.15, 0.2) is 45.3 Å². The van der Waals surface area contributed by atoms with Gasteiger partial charge in [-0.15, -0.1) is 0 Å². The molecule has 0 nitrogen and oxygen atoms in total. The molecule has 4 rings (SSSR count). The van der Waals surface area contributed by atoms with Crippen molar-refractivity contribution in [3.8, 4) is 0 Å². The lowest BCUT2D eigenvalue weighted by Crippen LogP contribution is -1.89. The molecule has 0 saturated heterocycles. The van der Waals surface area contributed by atoms with Gasteiger partial charge in [-0.2, -0.15) is 0 Å². The average Bonchev–Trinajstić information content (AvgIpc) is 2.98. The normalized spacial score (nSPS) is 15.3. The first-order chi connectivity index (χ1) is 10.7. The summed E-state index contributed by atoms with van der Waals surface area (Å²) in [5, 5.41) is 0. The molecule has 0 fully saturated rings. The molecular formula is C20H16Br2. The minimum Gasteiger partial charge on any atom is -0.0612 e. The second kappa shape index (κ2) is 5.21. The van der Waals surface area contributed by atoms with Crippen molar-refractivity contribution in [2.24, 2.45) is 0 Å². The van der Waals surface area contributed by atoms with Crippen LogP contribution in [0.5, 0.6) is 0 Å². The van der Waals surface area contributed by atoms with Gasteiger partial charge in [0.25, 0.3) is 0 Å². The summed E-state index contributed by atoms with van der Waals surface area (Å²) in [6.07, 6.45) is 2.13. The molecule has 0 unspecified atom stereocenters. The highest BCUT2D eigenvalue weighted by Crippen LogP contribution is 2.57. The van der Waals surface area contributed by atoms with E-state index in [0.29, 0.717) is 0 Å². The van der Waals surface area contributed by atoms with Gasteiger partial charge < -0.3 is 0 Å². The number of halogens is 2. The lowest BCUT2D eigenvalue weighted by Gasteiger charge is -2.09. The average molecular weight is 416 g/mol. The second-order valence-corrected chi connectivity index (χ2v) is 7.63. The SMILES string of the molecule is CCC1=C2C(=C(CC)c3cc(Br)ccc32)c2ccc(Br)cc21. The highest BCUT2D eigenvalue weighted by Gasteiger charge is 2.34. The van der Waals surface area contributed by atoms with Crippen LogP contribution >= 0.6 is 31.9 Å². The minimum atomic E-state index is 1.06. The molecule has 110 valence electrons. The summed E-state index contributed by atoms with van der Waals surface area (Å²) in [6.45, 7) is 4.52. The first-order valence-electron chi connectivity index (χ1n) is 7.73. The zero-order valence-corrected chi connectivity index (χ0v) is 15.8.